The largest absolute Gasteiger partial charge is 0.339 e. The molecular formula is C43H36N2O2. The van der Waals surface area contributed by atoms with Gasteiger partial charge in [0.05, 0.1) is 33.3 Å². The first-order valence-corrected chi connectivity index (χ1v) is 16.4. The van der Waals surface area contributed by atoms with E-state index in [0.29, 0.717) is 0 Å². The molecule has 0 aliphatic carbocycles. The molecule has 0 N–H and O–H groups in total. The van der Waals surface area contributed by atoms with E-state index in [4.69, 9.17) is 9.47 Å². The highest BCUT2D eigenvalue weighted by atomic mass is 16.7. The van der Waals surface area contributed by atoms with Gasteiger partial charge in [-0.15, -0.1) is 0 Å². The Bertz CT molecular complexity index is 2450. The lowest BCUT2D eigenvalue weighted by molar-refractivity contribution is -0.0894. The number of benzene rings is 6. The second kappa shape index (κ2) is 10.2. The van der Waals surface area contributed by atoms with E-state index < -0.39 is 17.5 Å². The molecule has 0 spiro atoms. The summed E-state index contributed by atoms with van der Waals surface area (Å²) < 4.78 is 17.7. The van der Waals surface area contributed by atoms with E-state index in [0.717, 1.165) is 16.8 Å². The highest BCUT2D eigenvalue weighted by molar-refractivity contribution is 6.12. The van der Waals surface area contributed by atoms with Gasteiger partial charge in [0, 0.05) is 38.5 Å². The monoisotopic (exact) mass is 612 g/mol. The molecule has 8 aromatic rings. The van der Waals surface area contributed by atoms with Gasteiger partial charge in [0.25, 0.3) is 0 Å². The Labute approximate surface area is 274 Å². The second-order valence-corrected chi connectivity index (χ2v) is 13.7. The predicted molar refractivity (Wildman–Crippen MR) is 194 cm³/mol. The zero-order chi connectivity index (χ0) is 31.9. The van der Waals surface area contributed by atoms with Gasteiger partial charge in [-0.25, -0.2) is 0 Å². The molecule has 0 unspecified atom stereocenters. The van der Waals surface area contributed by atoms with Gasteiger partial charge in [-0.05, 0) is 106 Å². The Morgan fingerprint density at radius 3 is 1.40 bits per heavy atom. The third kappa shape index (κ3) is 4.29. The first-order chi connectivity index (χ1) is 22.8. The van der Waals surface area contributed by atoms with E-state index in [2.05, 4.69) is 176 Å². The third-order valence-electron chi connectivity index (χ3n) is 10.3. The highest BCUT2D eigenvalue weighted by Gasteiger charge is 2.49. The van der Waals surface area contributed by atoms with Crippen molar-refractivity contribution in [1.29, 1.82) is 0 Å². The van der Waals surface area contributed by atoms with E-state index in [-0.39, 0.29) is 0 Å². The molecule has 4 nitrogen and oxygen atoms in total. The zero-order valence-corrected chi connectivity index (χ0v) is 27.1. The van der Waals surface area contributed by atoms with Crippen LogP contribution in [0, 0.1) is 0 Å². The Morgan fingerprint density at radius 2 is 0.851 bits per heavy atom. The molecule has 1 saturated heterocycles. The fourth-order valence-corrected chi connectivity index (χ4v) is 7.21. The Morgan fingerprint density at radius 1 is 0.426 bits per heavy atom. The summed E-state index contributed by atoms with van der Waals surface area (Å²) in [6.07, 6.45) is -0.424. The maximum absolute atomic E-state index is 6.47. The molecule has 1 fully saturated rings. The average molecular weight is 613 g/mol. The summed E-state index contributed by atoms with van der Waals surface area (Å²) in [6, 6.07) is 50.3. The van der Waals surface area contributed by atoms with E-state index in [1.54, 1.807) is 0 Å². The molecule has 230 valence electrons. The maximum Gasteiger partial charge on any atom is 0.185 e. The smallest absolute Gasteiger partial charge is 0.185 e. The molecule has 0 radical (unpaired) electrons. The number of fused-ring (bicyclic) bond motifs is 6. The van der Waals surface area contributed by atoms with Crippen molar-refractivity contribution in [2.75, 3.05) is 0 Å². The van der Waals surface area contributed by atoms with Crippen molar-refractivity contribution in [3.8, 4) is 22.5 Å². The molecule has 47 heavy (non-hydrogen) atoms. The van der Waals surface area contributed by atoms with Gasteiger partial charge in [-0.3, -0.25) is 0 Å². The van der Waals surface area contributed by atoms with Crippen LogP contribution in [0.4, 0.5) is 0 Å². The van der Waals surface area contributed by atoms with Gasteiger partial charge in [-0.1, -0.05) is 72.8 Å². The van der Waals surface area contributed by atoms with Gasteiger partial charge in [0.2, 0.25) is 0 Å². The van der Waals surface area contributed by atoms with Crippen LogP contribution in [-0.4, -0.2) is 20.3 Å². The summed E-state index contributed by atoms with van der Waals surface area (Å²) >= 11 is 0. The topological polar surface area (TPSA) is 28.3 Å². The number of hydrogen-bond donors (Lipinski definition) is 0. The summed E-state index contributed by atoms with van der Waals surface area (Å²) in [5.74, 6) is 0. The molecule has 9 rings (SSSR count). The van der Waals surface area contributed by atoms with Crippen molar-refractivity contribution in [3.05, 3.63) is 145 Å². The van der Waals surface area contributed by atoms with Crippen LogP contribution < -0.4 is 0 Å². The zero-order valence-electron chi connectivity index (χ0n) is 27.1. The van der Waals surface area contributed by atoms with Crippen LogP contribution in [-0.2, 0) is 9.47 Å². The lowest BCUT2D eigenvalue weighted by Gasteiger charge is -2.30. The van der Waals surface area contributed by atoms with Crippen LogP contribution in [0.25, 0.3) is 66.1 Å². The molecule has 1 aliphatic heterocycles. The minimum atomic E-state index is -0.424. The van der Waals surface area contributed by atoms with Crippen LogP contribution in [0.1, 0.15) is 39.5 Å². The predicted octanol–water partition coefficient (Wildman–Crippen LogP) is 11.2. The van der Waals surface area contributed by atoms with Crippen molar-refractivity contribution >= 4 is 43.6 Å². The first-order valence-electron chi connectivity index (χ1n) is 16.4. The molecule has 4 heteroatoms. The number of para-hydroxylation sites is 3. The minimum absolute atomic E-state index is 0.403. The van der Waals surface area contributed by atoms with Crippen LogP contribution in [0.3, 0.4) is 0 Å². The van der Waals surface area contributed by atoms with Gasteiger partial charge in [0.15, 0.2) is 6.29 Å². The van der Waals surface area contributed by atoms with E-state index in [1.807, 2.05) is 0 Å². The maximum atomic E-state index is 6.47. The van der Waals surface area contributed by atoms with Crippen LogP contribution in [0.2, 0.25) is 0 Å². The number of hydrogen-bond acceptors (Lipinski definition) is 2. The standard InChI is InChI=1S/C43H36N2O2/c1-42(2)43(3,4)47-41(46-42)30-21-24-40-36(27-30)35-26-29(20-23-39(35)45(40)32-15-9-6-10-16-32)28-19-22-38-34(25-28)33-17-11-12-18-37(33)44(38)31-13-7-5-8-14-31/h5-27,41H,1-4H3. The Hall–Kier alpha value is -5.16. The van der Waals surface area contributed by atoms with E-state index in [1.165, 1.54) is 54.9 Å². The third-order valence-corrected chi connectivity index (χ3v) is 10.3. The van der Waals surface area contributed by atoms with E-state index >= 15 is 0 Å². The van der Waals surface area contributed by atoms with Crippen molar-refractivity contribution in [2.24, 2.45) is 0 Å². The summed E-state index contributed by atoms with van der Waals surface area (Å²) in [5, 5.41) is 4.88. The molecule has 0 bridgehead atoms. The summed E-state index contributed by atoms with van der Waals surface area (Å²) in [4.78, 5) is 0. The van der Waals surface area contributed by atoms with Crippen molar-refractivity contribution in [1.82, 2.24) is 9.13 Å². The average Bonchev–Trinajstić information content (AvgIpc) is 3.68. The summed E-state index contributed by atoms with van der Waals surface area (Å²) in [7, 11) is 0. The molecule has 0 amide bonds. The second-order valence-electron chi connectivity index (χ2n) is 13.7. The number of nitrogens with zero attached hydrogens (tertiary/aromatic N) is 2. The summed E-state index contributed by atoms with van der Waals surface area (Å²) in [6.45, 7) is 8.42. The fraction of sp³-hybridized carbons (Fsp3) is 0.163. The number of rotatable bonds is 4. The van der Waals surface area contributed by atoms with Gasteiger partial charge in [-0.2, -0.15) is 0 Å². The molecule has 0 saturated carbocycles. The van der Waals surface area contributed by atoms with Gasteiger partial charge in [0.1, 0.15) is 0 Å². The normalized spacial score (nSPS) is 16.2. The molecular weight excluding hydrogens is 576 g/mol. The van der Waals surface area contributed by atoms with Crippen molar-refractivity contribution in [3.63, 3.8) is 0 Å². The van der Waals surface area contributed by atoms with Gasteiger partial charge < -0.3 is 18.6 Å². The Balaban J connectivity index is 1.24. The lowest BCUT2D eigenvalue weighted by Crippen LogP contribution is -2.41. The molecule has 2 aromatic heterocycles. The molecule has 1 aliphatic rings. The lowest BCUT2D eigenvalue weighted by atomic mass is 9.90. The highest BCUT2D eigenvalue weighted by Crippen LogP contribution is 2.46. The van der Waals surface area contributed by atoms with Crippen LogP contribution in [0.15, 0.2) is 140 Å². The van der Waals surface area contributed by atoms with Crippen LogP contribution >= 0.6 is 0 Å². The van der Waals surface area contributed by atoms with E-state index in [9.17, 15) is 0 Å². The minimum Gasteiger partial charge on any atom is -0.339 e. The molecule has 6 aromatic carbocycles. The quantitative estimate of drug-likeness (QED) is 0.198. The van der Waals surface area contributed by atoms with Gasteiger partial charge >= 0.3 is 0 Å². The summed E-state index contributed by atoms with van der Waals surface area (Å²) in [5.41, 5.74) is 9.65. The van der Waals surface area contributed by atoms with Crippen molar-refractivity contribution in [2.45, 2.75) is 45.2 Å². The fourth-order valence-electron chi connectivity index (χ4n) is 7.21. The molecule has 0 atom stereocenters. The number of aromatic nitrogens is 2. The first kappa shape index (κ1) is 28.1. The van der Waals surface area contributed by atoms with Crippen LogP contribution in [0.5, 0.6) is 0 Å². The molecule has 3 heterocycles. The SMILES string of the molecule is CC1(C)OC(c2ccc3c(c2)c2cc(-c4ccc5c(c4)c4ccccc4n5-c4ccccc4)ccc2n3-c2ccccc2)OC1(C)C. The number of ether oxygens (including phenoxy) is 2. The van der Waals surface area contributed by atoms with Crippen molar-refractivity contribution < 1.29 is 9.47 Å². The Kier molecular flexibility index (Phi) is 6.08.